The lowest BCUT2D eigenvalue weighted by molar-refractivity contribution is 0.0932. The standard InChI is InChI=1S/C16H17ClN2O2/c1-19(2)8-14-15(20)13-9-21-16(12(13)7-18-14)10-3-5-11(17)6-4-10/h3-7,16,20H,8-9H2,1-2H3. The largest absolute Gasteiger partial charge is 0.506 e. The van der Waals surface area contributed by atoms with Crippen molar-refractivity contribution in [2.45, 2.75) is 19.3 Å². The van der Waals surface area contributed by atoms with E-state index in [0.29, 0.717) is 23.9 Å². The normalized spacial score (nSPS) is 17.2. The second-order valence-electron chi connectivity index (χ2n) is 5.47. The number of aromatic nitrogens is 1. The van der Waals surface area contributed by atoms with Crippen molar-refractivity contribution in [2.24, 2.45) is 0 Å². The lowest BCUT2D eigenvalue weighted by Crippen LogP contribution is -2.12. The summed E-state index contributed by atoms with van der Waals surface area (Å²) in [5, 5.41) is 11.1. The molecule has 2 aromatic rings. The van der Waals surface area contributed by atoms with Crippen LogP contribution in [0.25, 0.3) is 0 Å². The van der Waals surface area contributed by atoms with Crippen LogP contribution in [0.4, 0.5) is 0 Å². The number of rotatable bonds is 3. The molecule has 4 nitrogen and oxygen atoms in total. The molecule has 1 unspecified atom stereocenters. The number of fused-ring (bicyclic) bond motifs is 1. The number of hydrogen-bond donors (Lipinski definition) is 1. The highest BCUT2D eigenvalue weighted by Gasteiger charge is 2.29. The van der Waals surface area contributed by atoms with E-state index in [-0.39, 0.29) is 11.9 Å². The van der Waals surface area contributed by atoms with E-state index < -0.39 is 0 Å². The smallest absolute Gasteiger partial charge is 0.144 e. The number of nitrogens with zero attached hydrogens (tertiary/aromatic N) is 2. The third-order valence-electron chi connectivity index (χ3n) is 3.58. The minimum absolute atomic E-state index is 0.191. The third kappa shape index (κ3) is 2.75. The molecule has 0 aliphatic carbocycles. The van der Waals surface area contributed by atoms with Crippen molar-refractivity contribution >= 4 is 11.6 Å². The van der Waals surface area contributed by atoms with Gasteiger partial charge >= 0.3 is 0 Å². The Bertz CT molecular complexity index is 656. The average Bonchev–Trinajstić information content (AvgIpc) is 2.87. The van der Waals surface area contributed by atoms with E-state index in [2.05, 4.69) is 4.98 Å². The maximum absolute atomic E-state index is 10.4. The number of pyridine rings is 1. The second kappa shape index (κ2) is 5.64. The fourth-order valence-electron chi connectivity index (χ4n) is 2.56. The molecule has 1 aromatic carbocycles. The van der Waals surface area contributed by atoms with Crippen LogP contribution in [0.3, 0.4) is 0 Å². The van der Waals surface area contributed by atoms with Crippen LogP contribution in [-0.2, 0) is 17.9 Å². The molecular formula is C16H17ClN2O2. The van der Waals surface area contributed by atoms with Gasteiger partial charge in [-0.25, -0.2) is 0 Å². The molecule has 0 radical (unpaired) electrons. The molecule has 0 amide bonds. The lowest BCUT2D eigenvalue weighted by atomic mass is 10.00. The van der Waals surface area contributed by atoms with Gasteiger partial charge in [-0.3, -0.25) is 4.98 Å². The first-order valence-corrected chi connectivity index (χ1v) is 7.15. The van der Waals surface area contributed by atoms with Gasteiger partial charge in [0.15, 0.2) is 0 Å². The molecule has 5 heteroatoms. The number of hydrogen-bond acceptors (Lipinski definition) is 4. The molecule has 0 bridgehead atoms. The van der Waals surface area contributed by atoms with E-state index >= 15 is 0 Å². The van der Waals surface area contributed by atoms with Crippen molar-refractivity contribution in [2.75, 3.05) is 14.1 Å². The molecule has 2 heterocycles. The Hall–Kier alpha value is -1.62. The van der Waals surface area contributed by atoms with Gasteiger partial charge in [0.05, 0.1) is 12.3 Å². The Morgan fingerprint density at radius 1 is 1.33 bits per heavy atom. The molecular weight excluding hydrogens is 288 g/mol. The fraction of sp³-hybridized carbons (Fsp3) is 0.312. The fourth-order valence-corrected chi connectivity index (χ4v) is 2.69. The Labute approximate surface area is 128 Å². The summed E-state index contributed by atoms with van der Waals surface area (Å²) in [5.41, 5.74) is 3.46. The summed E-state index contributed by atoms with van der Waals surface area (Å²) >= 11 is 5.92. The van der Waals surface area contributed by atoms with Crippen LogP contribution >= 0.6 is 11.6 Å². The predicted molar refractivity (Wildman–Crippen MR) is 81.4 cm³/mol. The lowest BCUT2D eigenvalue weighted by Gasteiger charge is -2.14. The highest BCUT2D eigenvalue weighted by Crippen LogP contribution is 2.40. The summed E-state index contributed by atoms with van der Waals surface area (Å²) < 4.78 is 5.83. The van der Waals surface area contributed by atoms with Crippen molar-refractivity contribution in [3.8, 4) is 5.75 Å². The Kier molecular flexibility index (Phi) is 3.85. The Morgan fingerprint density at radius 3 is 2.71 bits per heavy atom. The number of benzene rings is 1. The van der Waals surface area contributed by atoms with Crippen molar-refractivity contribution in [1.82, 2.24) is 9.88 Å². The van der Waals surface area contributed by atoms with Crippen molar-refractivity contribution in [3.63, 3.8) is 0 Å². The first kappa shape index (κ1) is 14.3. The van der Waals surface area contributed by atoms with E-state index in [9.17, 15) is 5.11 Å². The van der Waals surface area contributed by atoms with Gasteiger partial charge in [-0.1, -0.05) is 23.7 Å². The van der Waals surface area contributed by atoms with Crippen LogP contribution in [0.15, 0.2) is 30.5 Å². The summed E-state index contributed by atoms with van der Waals surface area (Å²) in [6, 6.07) is 7.55. The van der Waals surface area contributed by atoms with Gasteiger partial charge in [0.2, 0.25) is 0 Å². The molecule has 1 aliphatic heterocycles. The van der Waals surface area contributed by atoms with E-state index in [1.54, 1.807) is 6.20 Å². The van der Waals surface area contributed by atoms with E-state index in [1.165, 1.54) is 0 Å². The first-order chi connectivity index (χ1) is 10.1. The highest BCUT2D eigenvalue weighted by molar-refractivity contribution is 6.30. The minimum Gasteiger partial charge on any atom is -0.506 e. The van der Waals surface area contributed by atoms with Crippen LogP contribution < -0.4 is 0 Å². The van der Waals surface area contributed by atoms with Gasteiger partial charge in [0.25, 0.3) is 0 Å². The second-order valence-corrected chi connectivity index (χ2v) is 5.90. The first-order valence-electron chi connectivity index (χ1n) is 6.77. The third-order valence-corrected chi connectivity index (χ3v) is 3.83. The monoisotopic (exact) mass is 304 g/mol. The van der Waals surface area contributed by atoms with E-state index in [4.69, 9.17) is 16.3 Å². The zero-order valence-electron chi connectivity index (χ0n) is 12.0. The summed E-state index contributed by atoms with van der Waals surface area (Å²) in [7, 11) is 3.89. The highest BCUT2D eigenvalue weighted by atomic mass is 35.5. The molecule has 0 saturated carbocycles. The number of aromatic hydroxyl groups is 1. The Morgan fingerprint density at radius 2 is 2.05 bits per heavy atom. The summed E-state index contributed by atoms with van der Waals surface area (Å²) in [6.07, 6.45) is 1.62. The minimum atomic E-state index is -0.191. The van der Waals surface area contributed by atoms with Crippen LogP contribution in [0.1, 0.15) is 28.5 Å². The van der Waals surface area contributed by atoms with Gasteiger partial charge in [-0.2, -0.15) is 0 Å². The predicted octanol–water partition coefficient (Wildman–Crippen LogP) is 3.12. The van der Waals surface area contributed by atoms with Crippen LogP contribution in [0.2, 0.25) is 5.02 Å². The molecule has 1 aliphatic rings. The molecule has 1 N–H and O–H groups in total. The molecule has 0 saturated heterocycles. The SMILES string of the molecule is CN(C)Cc1ncc2c(c1O)COC2c1ccc(Cl)cc1. The molecule has 1 aromatic heterocycles. The average molecular weight is 305 g/mol. The number of halogens is 1. The van der Waals surface area contributed by atoms with Crippen molar-refractivity contribution in [1.29, 1.82) is 0 Å². The Balaban J connectivity index is 1.96. The molecule has 1 atom stereocenters. The number of ether oxygens (including phenoxy) is 1. The van der Waals surface area contributed by atoms with Gasteiger partial charge < -0.3 is 14.7 Å². The molecule has 0 fully saturated rings. The molecule has 3 rings (SSSR count). The summed E-state index contributed by atoms with van der Waals surface area (Å²) in [4.78, 5) is 6.36. The van der Waals surface area contributed by atoms with Gasteiger partial charge in [-0.15, -0.1) is 0 Å². The van der Waals surface area contributed by atoms with Gasteiger partial charge in [0, 0.05) is 28.9 Å². The van der Waals surface area contributed by atoms with E-state index in [0.717, 1.165) is 16.7 Å². The summed E-state index contributed by atoms with van der Waals surface area (Å²) in [5.74, 6) is 0.248. The van der Waals surface area contributed by atoms with Crippen molar-refractivity contribution < 1.29 is 9.84 Å². The van der Waals surface area contributed by atoms with Crippen LogP contribution in [0.5, 0.6) is 5.75 Å². The topological polar surface area (TPSA) is 45.6 Å². The maximum Gasteiger partial charge on any atom is 0.144 e. The molecule has 110 valence electrons. The van der Waals surface area contributed by atoms with Crippen LogP contribution in [0, 0.1) is 0 Å². The summed E-state index contributed by atoms with van der Waals surface area (Å²) in [6.45, 7) is 1.00. The van der Waals surface area contributed by atoms with E-state index in [1.807, 2.05) is 43.3 Å². The van der Waals surface area contributed by atoms with Gasteiger partial charge in [0.1, 0.15) is 11.9 Å². The molecule has 21 heavy (non-hydrogen) atoms. The molecule has 0 spiro atoms. The van der Waals surface area contributed by atoms with Crippen molar-refractivity contribution in [3.05, 3.63) is 57.9 Å². The zero-order valence-corrected chi connectivity index (χ0v) is 12.8. The quantitative estimate of drug-likeness (QED) is 0.946. The van der Waals surface area contributed by atoms with Crippen LogP contribution in [-0.4, -0.2) is 29.1 Å². The van der Waals surface area contributed by atoms with Gasteiger partial charge in [-0.05, 0) is 31.8 Å². The maximum atomic E-state index is 10.4. The zero-order chi connectivity index (χ0) is 15.0.